The lowest BCUT2D eigenvalue weighted by Gasteiger charge is -2.20. The molecule has 1 aromatic carbocycles. The molecule has 16 heavy (non-hydrogen) atoms. The van der Waals surface area contributed by atoms with E-state index in [1.54, 1.807) is 0 Å². The lowest BCUT2D eigenvalue weighted by atomic mass is 10.1. The fourth-order valence-corrected chi connectivity index (χ4v) is 1.94. The minimum atomic E-state index is 0.639. The predicted octanol–water partition coefficient (Wildman–Crippen LogP) is 3.69. The molecule has 4 heteroatoms. The van der Waals surface area contributed by atoms with Gasteiger partial charge >= 0.3 is 0 Å². The molecule has 0 bridgehead atoms. The Morgan fingerprint density at radius 2 is 1.88 bits per heavy atom. The number of hydrogen-bond acceptors (Lipinski definition) is 2. The molecule has 1 fully saturated rings. The van der Waals surface area contributed by atoms with E-state index in [0.717, 1.165) is 24.4 Å². The van der Waals surface area contributed by atoms with Crippen molar-refractivity contribution in [1.82, 2.24) is 4.90 Å². The third kappa shape index (κ3) is 2.18. The number of azide groups is 1. The van der Waals surface area contributed by atoms with Crippen molar-refractivity contribution >= 4 is 11.4 Å². The second-order valence-corrected chi connectivity index (χ2v) is 3.88. The molecule has 0 saturated carbocycles. The molecule has 1 saturated heterocycles. The second-order valence-electron chi connectivity index (χ2n) is 3.88. The van der Waals surface area contributed by atoms with E-state index in [9.17, 15) is 0 Å². The molecule has 1 aliphatic rings. The van der Waals surface area contributed by atoms with Crippen LogP contribution < -0.4 is 0 Å². The lowest BCUT2D eigenvalue weighted by Crippen LogP contribution is -2.16. The van der Waals surface area contributed by atoms with Gasteiger partial charge in [0.25, 0.3) is 0 Å². The van der Waals surface area contributed by atoms with Crippen LogP contribution in [-0.4, -0.2) is 18.0 Å². The van der Waals surface area contributed by atoms with Crippen LogP contribution in [0.4, 0.5) is 5.69 Å². The highest BCUT2D eigenvalue weighted by atomic mass is 15.1. The summed E-state index contributed by atoms with van der Waals surface area (Å²) in [5, 5.41) is 3.54. The molecule has 4 nitrogen and oxygen atoms in total. The van der Waals surface area contributed by atoms with Crippen LogP contribution in [0.5, 0.6) is 0 Å². The zero-order valence-corrected chi connectivity index (χ0v) is 9.13. The van der Waals surface area contributed by atoms with E-state index in [2.05, 4.69) is 21.5 Å². The summed E-state index contributed by atoms with van der Waals surface area (Å²) >= 11 is 0. The maximum absolute atomic E-state index is 8.30. The normalized spacial score (nSPS) is 14.6. The predicted molar refractivity (Wildman–Crippen MR) is 65.1 cm³/mol. The van der Waals surface area contributed by atoms with Crippen LogP contribution in [0.3, 0.4) is 0 Å². The van der Waals surface area contributed by atoms with E-state index < -0.39 is 0 Å². The van der Waals surface area contributed by atoms with E-state index in [1.165, 1.54) is 12.8 Å². The minimum absolute atomic E-state index is 0.639. The van der Waals surface area contributed by atoms with Crippen LogP contribution in [0.2, 0.25) is 0 Å². The molecule has 1 aromatic rings. The Labute approximate surface area is 94.8 Å². The zero-order valence-electron chi connectivity index (χ0n) is 9.13. The van der Waals surface area contributed by atoms with Crippen LogP contribution in [0.1, 0.15) is 18.4 Å². The molecule has 0 radical (unpaired) electrons. The Morgan fingerprint density at radius 1 is 1.25 bits per heavy atom. The summed E-state index contributed by atoms with van der Waals surface area (Å²) in [5.74, 6) is 0. The fourth-order valence-electron chi connectivity index (χ4n) is 1.94. The maximum Gasteiger partial charge on any atom is 0.0375 e. The van der Waals surface area contributed by atoms with Gasteiger partial charge in [-0.25, -0.2) is 0 Å². The number of likely N-dealkylation sites (tertiary alicyclic amines) is 1. The minimum Gasteiger partial charge on any atom is -0.372 e. The van der Waals surface area contributed by atoms with Crippen molar-refractivity contribution < 1.29 is 0 Å². The average Bonchev–Trinajstić information content (AvgIpc) is 2.83. The number of nitrogens with zero attached hydrogens (tertiary/aromatic N) is 4. The van der Waals surface area contributed by atoms with Gasteiger partial charge in [-0.05, 0) is 23.9 Å². The van der Waals surface area contributed by atoms with Crippen molar-refractivity contribution in [2.75, 3.05) is 13.1 Å². The Bertz CT molecular complexity index is 423. The number of rotatable bonds is 3. The summed E-state index contributed by atoms with van der Waals surface area (Å²) in [4.78, 5) is 5.04. The zero-order chi connectivity index (χ0) is 11.4. The largest absolute Gasteiger partial charge is 0.372 e. The maximum atomic E-state index is 8.30. The Kier molecular flexibility index (Phi) is 3.13. The highest BCUT2D eigenvalue weighted by Crippen LogP contribution is 2.24. The van der Waals surface area contributed by atoms with Crippen molar-refractivity contribution in [2.24, 2.45) is 5.11 Å². The van der Waals surface area contributed by atoms with E-state index in [0.29, 0.717) is 5.69 Å². The van der Waals surface area contributed by atoms with E-state index >= 15 is 0 Å². The Balaban J connectivity index is 2.14. The van der Waals surface area contributed by atoms with Gasteiger partial charge in [-0.15, -0.1) is 0 Å². The molecular weight excluding hydrogens is 200 g/mol. The fraction of sp³-hybridized carbons (Fsp3) is 0.333. The Morgan fingerprint density at radius 3 is 2.44 bits per heavy atom. The molecule has 0 N–H and O–H groups in total. The van der Waals surface area contributed by atoms with Gasteiger partial charge in [0.05, 0.1) is 0 Å². The number of benzene rings is 1. The van der Waals surface area contributed by atoms with Gasteiger partial charge in [0, 0.05) is 29.4 Å². The lowest BCUT2D eigenvalue weighted by molar-refractivity contribution is 0.494. The molecular formula is C12H14N4. The molecule has 0 aliphatic carbocycles. The summed E-state index contributed by atoms with van der Waals surface area (Å²) in [6.07, 6.45) is 2.49. The molecule has 1 aliphatic heterocycles. The van der Waals surface area contributed by atoms with Crippen molar-refractivity contribution in [3.05, 3.63) is 46.9 Å². The van der Waals surface area contributed by atoms with Crippen LogP contribution in [0, 0.1) is 0 Å². The van der Waals surface area contributed by atoms with Crippen molar-refractivity contribution in [2.45, 2.75) is 12.8 Å². The summed E-state index contributed by atoms with van der Waals surface area (Å²) < 4.78 is 0. The molecule has 2 rings (SSSR count). The van der Waals surface area contributed by atoms with Crippen LogP contribution in [0.25, 0.3) is 16.1 Å². The van der Waals surface area contributed by atoms with Gasteiger partial charge in [-0.2, -0.15) is 0 Å². The van der Waals surface area contributed by atoms with Crippen molar-refractivity contribution in [3.63, 3.8) is 0 Å². The smallest absolute Gasteiger partial charge is 0.0375 e. The van der Waals surface area contributed by atoms with Crippen molar-refractivity contribution in [3.8, 4) is 0 Å². The van der Waals surface area contributed by atoms with Crippen LogP contribution in [0.15, 0.2) is 36.0 Å². The van der Waals surface area contributed by atoms with E-state index in [4.69, 9.17) is 5.53 Å². The van der Waals surface area contributed by atoms with E-state index in [1.807, 2.05) is 24.3 Å². The average molecular weight is 214 g/mol. The highest BCUT2D eigenvalue weighted by Gasteiger charge is 2.13. The summed E-state index contributed by atoms with van der Waals surface area (Å²) in [7, 11) is 0. The third-order valence-corrected chi connectivity index (χ3v) is 2.85. The van der Waals surface area contributed by atoms with Gasteiger partial charge in [0.15, 0.2) is 0 Å². The number of hydrogen-bond donors (Lipinski definition) is 0. The van der Waals surface area contributed by atoms with Gasteiger partial charge in [-0.1, -0.05) is 36.0 Å². The molecule has 1 heterocycles. The van der Waals surface area contributed by atoms with Crippen LogP contribution in [-0.2, 0) is 0 Å². The van der Waals surface area contributed by atoms with Gasteiger partial charge < -0.3 is 4.90 Å². The first-order valence-corrected chi connectivity index (χ1v) is 5.40. The monoisotopic (exact) mass is 214 g/mol. The van der Waals surface area contributed by atoms with Crippen LogP contribution >= 0.6 is 0 Å². The molecule has 0 unspecified atom stereocenters. The second kappa shape index (κ2) is 4.73. The first-order chi connectivity index (χ1) is 7.81. The summed E-state index contributed by atoms with van der Waals surface area (Å²) in [6.45, 7) is 6.29. The quantitative estimate of drug-likeness (QED) is 0.430. The topological polar surface area (TPSA) is 52.0 Å². The summed E-state index contributed by atoms with van der Waals surface area (Å²) in [6, 6.07) is 7.53. The van der Waals surface area contributed by atoms with Gasteiger partial charge in [0.1, 0.15) is 0 Å². The standard InChI is InChI=1S/C12H14N4/c1-10(16-8-2-3-9-16)11-4-6-12(7-5-11)14-15-13/h4-7H,1-3,8-9H2. The van der Waals surface area contributed by atoms with E-state index in [-0.39, 0.29) is 0 Å². The SMILES string of the molecule is C=C(c1ccc(N=[N+]=[N-])cc1)N1CCCC1. The third-order valence-electron chi connectivity index (χ3n) is 2.85. The first-order valence-electron chi connectivity index (χ1n) is 5.40. The first kappa shape index (κ1) is 10.6. The molecule has 82 valence electrons. The molecule has 0 spiro atoms. The molecule has 0 atom stereocenters. The van der Waals surface area contributed by atoms with Crippen molar-refractivity contribution in [1.29, 1.82) is 0 Å². The Hall–Kier alpha value is -1.93. The summed E-state index contributed by atoms with van der Waals surface area (Å²) in [5.41, 5.74) is 11.1. The molecule has 0 aromatic heterocycles. The molecule has 0 amide bonds. The van der Waals surface area contributed by atoms with Gasteiger partial charge in [0.2, 0.25) is 0 Å². The van der Waals surface area contributed by atoms with Gasteiger partial charge in [-0.3, -0.25) is 0 Å². The highest BCUT2D eigenvalue weighted by molar-refractivity contribution is 5.63.